The Kier molecular flexibility index (Phi) is 11.9. The van der Waals surface area contributed by atoms with Gasteiger partial charge in [-0.1, -0.05) is 45.4 Å². The lowest BCUT2D eigenvalue weighted by atomic mass is 10.1. The number of rotatable bonds is 14. The van der Waals surface area contributed by atoms with Crippen LogP contribution in [0.2, 0.25) is 0 Å². The first-order valence-electron chi connectivity index (χ1n) is 11.6. The Balaban J connectivity index is 2.52. The molecule has 9 heteroatoms. The number of carbonyl (C=O) groups excluding carboxylic acids is 5. The van der Waals surface area contributed by atoms with Gasteiger partial charge in [-0.25, -0.2) is 9.59 Å². The van der Waals surface area contributed by atoms with Crippen LogP contribution in [0, 0.1) is 0 Å². The first-order valence-corrected chi connectivity index (χ1v) is 11.6. The molecule has 0 aromatic carbocycles. The average molecular weight is 455 g/mol. The summed E-state index contributed by atoms with van der Waals surface area (Å²) in [7, 11) is 0. The number of esters is 1. The van der Waals surface area contributed by atoms with Crippen molar-refractivity contribution in [3.63, 3.8) is 0 Å². The molecule has 0 aromatic heterocycles. The van der Waals surface area contributed by atoms with Gasteiger partial charge in [0.25, 0.3) is 11.8 Å². The summed E-state index contributed by atoms with van der Waals surface area (Å²) >= 11 is 0. The van der Waals surface area contributed by atoms with E-state index in [2.05, 4.69) is 12.2 Å². The number of unbranched alkanes of at least 4 members (excludes halogenated alkanes) is 6. The zero-order valence-electron chi connectivity index (χ0n) is 19.9. The summed E-state index contributed by atoms with van der Waals surface area (Å²) in [5, 5.41) is 3.11. The summed E-state index contributed by atoms with van der Waals surface area (Å²) in [4.78, 5) is 64.9. The second-order valence-corrected chi connectivity index (χ2v) is 9.11. The van der Waals surface area contributed by atoms with Crippen molar-refractivity contribution < 1.29 is 33.5 Å². The van der Waals surface area contributed by atoms with Gasteiger partial charge >= 0.3 is 11.9 Å². The predicted octanol–water partition coefficient (Wildman–Crippen LogP) is 3.34. The van der Waals surface area contributed by atoms with Crippen molar-refractivity contribution in [1.82, 2.24) is 10.4 Å². The number of imide groups is 1. The van der Waals surface area contributed by atoms with E-state index >= 15 is 0 Å². The molecule has 0 bridgehead atoms. The van der Waals surface area contributed by atoms with Gasteiger partial charge in [-0.15, -0.1) is 5.06 Å². The minimum Gasteiger partial charge on any atom is -0.458 e. The zero-order valence-corrected chi connectivity index (χ0v) is 19.9. The highest BCUT2D eigenvalue weighted by Gasteiger charge is 2.33. The SMILES string of the molecule is CCCCCCCCCC(=O)N[C@@H](CCC(=O)ON1C(=O)CCC1=O)C(=O)OC(C)(C)C. The third-order valence-electron chi connectivity index (χ3n) is 4.87. The van der Waals surface area contributed by atoms with Crippen molar-refractivity contribution in [3.05, 3.63) is 0 Å². The van der Waals surface area contributed by atoms with E-state index < -0.39 is 35.4 Å². The third-order valence-corrected chi connectivity index (χ3v) is 4.87. The predicted molar refractivity (Wildman–Crippen MR) is 117 cm³/mol. The van der Waals surface area contributed by atoms with E-state index in [0.29, 0.717) is 5.06 Å². The monoisotopic (exact) mass is 454 g/mol. The van der Waals surface area contributed by atoms with E-state index in [0.717, 1.165) is 25.7 Å². The van der Waals surface area contributed by atoms with Crippen LogP contribution in [0.4, 0.5) is 0 Å². The Labute approximate surface area is 190 Å². The molecule has 1 heterocycles. The molecule has 1 N–H and O–H groups in total. The lowest BCUT2D eigenvalue weighted by Crippen LogP contribution is -2.44. The maximum Gasteiger partial charge on any atom is 0.333 e. The lowest BCUT2D eigenvalue weighted by Gasteiger charge is -2.24. The number of ether oxygens (including phenoxy) is 1. The summed E-state index contributed by atoms with van der Waals surface area (Å²) in [6.45, 7) is 7.29. The molecule has 0 unspecified atom stereocenters. The Hall–Kier alpha value is -2.45. The number of nitrogens with zero attached hydrogens (tertiary/aromatic N) is 1. The minimum atomic E-state index is -1.02. The van der Waals surface area contributed by atoms with Crippen LogP contribution in [-0.2, 0) is 33.5 Å². The van der Waals surface area contributed by atoms with Crippen LogP contribution in [-0.4, -0.2) is 46.4 Å². The molecule has 3 amide bonds. The van der Waals surface area contributed by atoms with Gasteiger partial charge in [0.05, 0.1) is 6.42 Å². The van der Waals surface area contributed by atoms with Crippen LogP contribution in [0.15, 0.2) is 0 Å². The molecule has 182 valence electrons. The molecule has 1 fully saturated rings. The van der Waals surface area contributed by atoms with Gasteiger partial charge < -0.3 is 14.9 Å². The second-order valence-electron chi connectivity index (χ2n) is 9.11. The molecule has 0 saturated carbocycles. The fourth-order valence-electron chi connectivity index (χ4n) is 3.20. The Morgan fingerprint density at radius 1 is 0.938 bits per heavy atom. The molecular formula is C23H38N2O7. The minimum absolute atomic E-state index is 0.00130. The molecule has 1 saturated heterocycles. The first kappa shape index (κ1) is 27.6. The van der Waals surface area contributed by atoms with Gasteiger partial charge in [0.2, 0.25) is 5.91 Å². The van der Waals surface area contributed by atoms with E-state index in [1.807, 2.05) is 0 Å². The number of hydrogen-bond acceptors (Lipinski definition) is 7. The molecule has 0 aliphatic carbocycles. The normalized spacial score (nSPS) is 14.9. The highest BCUT2D eigenvalue weighted by atomic mass is 16.7. The third kappa shape index (κ3) is 11.2. The van der Waals surface area contributed by atoms with Crippen molar-refractivity contribution in [2.24, 2.45) is 0 Å². The summed E-state index contributed by atoms with van der Waals surface area (Å²) in [6.07, 6.45) is 7.46. The summed E-state index contributed by atoms with van der Waals surface area (Å²) in [5.41, 5.74) is -0.756. The van der Waals surface area contributed by atoms with Gasteiger partial charge in [-0.05, 0) is 33.6 Å². The van der Waals surface area contributed by atoms with Crippen molar-refractivity contribution in [2.75, 3.05) is 0 Å². The Morgan fingerprint density at radius 2 is 1.50 bits per heavy atom. The fraction of sp³-hybridized carbons (Fsp3) is 0.783. The van der Waals surface area contributed by atoms with E-state index in [1.54, 1.807) is 20.8 Å². The van der Waals surface area contributed by atoms with E-state index in [1.165, 1.54) is 19.3 Å². The zero-order chi connectivity index (χ0) is 24.1. The second kappa shape index (κ2) is 13.9. The number of amides is 3. The molecule has 32 heavy (non-hydrogen) atoms. The van der Waals surface area contributed by atoms with Crippen molar-refractivity contribution >= 4 is 29.7 Å². The fourth-order valence-corrected chi connectivity index (χ4v) is 3.20. The highest BCUT2D eigenvalue weighted by Crippen LogP contribution is 2.15. The topological polar surface area (TPSA) is 119 Å². The van der Waals surface area contributed by atoms with Gasteiger partial charge in [-0.3, -0.25) is 14.4 Å². The van der Waals surface area contributed by atoms with Crippen LogP contribution in [0.5, 0.6) is 0 Å². The molecule has 0 aromatic rings. The molecular weight excluding hydrogens is 416 g/mol. The summed E-state index contributed by atoms with van der Waals surface area (Å²) < 4.78 is 5.36. The van der Waals surface area contributed by atoms with Crippen LogP contribution in [0.3, 0.4) is 0 Å². The van der Waals surface area contributed by atoms with Crippen molar-refractivity contribution in [1.29, 1.82) is 0 Å². The number of nitrogens with one attached hydrogen (secondary N) is 1. The van der Waals surface area contributed by atoms with E-state index in [4.69, 9.17) is 9.57 Å². The van der Waals surface area contributed by atoms with Gasteiger partial charge in [0.1, 0.15) is 11.6 Å². The van der Waals surface area contributed by atoms with E-state index in [-0.39, 0.29) is 38.0 Å². The van der Waals surface area contributed by atoms with Crippen LogP contribution in [0.25, 0.3) is 0 Å². The number of hydrogen-bond donors (Lipinski definition) is 1. The largest absolute Gasteiger partial charge is 0.458 e. The average Bonchev–Trinajstić information content (AvgIpc) is 3.01. The molecule has 0 spiro atoms. The smallest absolute Gasteiger partial charge is 0.333 e. The Morgan fingerprint density at radius 3 is 2.06 bits per heavy atom. The van der Waals surface area contributed by atoms with Crippen LogP contribution in [0.1, 0.15) is 105 Å². The molecule has 1 aliphatic heterocycles. The van der Waals surface area contributed by atoms with Crippen molar-refractivity contribution in [3.8, 4) is 0 Å². The number of hydroxylamine groups is 2. The lowest BCUT2D eigenvalue weighted by molar-refractivity contribution is -0.197. The maximum absolute atomic E-state index is 12.5. The molecule has 0 radical (unpaired) electrons. The number of carbonyl (C=O) groups is 5. The van der Waals surface area contributed by atoms with E-state index in [9.17, 15) is 24.0 Å². The van der Waals surface area contributed by atoms with Crippen LogP contribution >= 0.6 is 0 Å². The van der Waals surface area contributed by atoms with Crippen molar-refractivity contribution in [2.45, 2.75) is 116 Å². The highest BCUT2D eigenvalue weighted by molar-refractivity contribution is 6.01. The van der Waals surface area contributed by atoms with Gasteiger partial charge in [0, 0.05) is 19.3 Å². The summed E-state index contributed by atoms with van der Waals surface area (Å²) in [6, 6.07) is -1.02. The molecule has 1 aliphatic rings. The molecule has 1 atom stereocenters. The first-order chi connectivity index (χ1) is 15.0. The quantitative estimate of drug-likeness (QED) is 0.243. The maximum atomic E-state index is 12.5. The molecule has 9 nitrogen and oxygen atoms in total. The van der Waals surface area contributed by atoms with Crippen LogP contribution < -0.4 is 5.32 Å². The van der Waals surface area contributed by atoms with Gasteiger partial charge in [-0.2, -0.15) is 0 Å². The Bertz CT molecular complexity index is 654. The van der Waals surface area contributed by atoms with Gasteiger partial charge in [0.15, 0.2) is 0 Å². The standard InChI is InChI=1S/C23H38N2O7/c1-5-6-7-8-9-10-11-12-18(26)24-17(22(30)31-23(2,3)4)13-16-21(29)32-25-19(27)14-15-20(25)28/h17H,5-16H2,1-4H3,(H,24,26)/t17-/m0/s1. The molecule has 1 rings (SSSR count). The summed E-state index contributed by atoms with van der Waals surface area (Å²) in [5.74, 6) is -2.91.